The van der Waals surface area contributed by atoms with Crippen LogP contribution < -0.4 is 5.32 Å². The maximum atomic E-state index is 6.00. The number of hydrogen-bond acceptors (Lipinski definition) is 2. The molecule has 1 N–H and O–H groups in total. The van der Waals surface area contributed by atoms with Crippen molar-refractivity contribution < 1.29 is 4.74 Å². The van der Waals surface area contributed by atoms with Gasteiger partial charge in [0.05, 0.1) is 6.10 Å². The highest BCUT2D eigenvalue weighted by molar-refractivity contribution is 4.83. The second-order valence-electron chi connectivity index (χ2n) is 6.07. The average molecular weight is 255 g/mol. The molecule has 2 heteroatoms. The zero-order valence-electron chi connectivity index (χ0n) is 12.9. The molecule has 1 fully saturated rings. The first kappa shape index (κ1) is 16.0. The van der Waals surface area contributed by atoms with E-state index < -0.39 is 0 Å². The van der Waals surface area contributed by atoms with E-state index in [0.717, 1.165) is 19.1 Å². The monoisotopic (exact) mass is 255 g/mol. The summed E-state index contributed by atoms with van der Waals surface area (Å²) in [4.78, 5) is 0. The molecule has 0 aromatic heterocycles. The SMILES string of the molecule is CCNC(CC1CCCCC1)C(OCC)C(C)C. The number of nitrogens with one attached hydrogen (secondary N) is 1. The van der Waals surface area contributed by atoms with Gasteiger partial charge < -0.3 is 10.1 Å². The van der Waals surface area contributed by atoms with E-state index in [1.807, 2.05) is 0 Å². The Morgan fingerprint density at radius 1 is 1.11 bits per heavy atom. The van der Waals surface area contributed by atoms with Crippen LogP contribution in [0.3, 0.4) is 0 Å². The average Bonchev–Trinajstić information content (AvgIpc) is 2.36. The van der Waals surface area contributed by atoms with Crippen LogP contribution in [0.2, 0.25) is 0 Å². The smallest absolute Gasteiger partial charge is 0.0750 e. The van der Waals surface area contributed by atoms with Crippen molar-refractivity contribution in [3.05, 3.63) is 0 Å². The van der Waals surface area contributed by atoms with Crippen LogP contribution in [0.5, 0.6) is 0 Å². The van der Waals surface area contributed by atoms with E-state index >= 15 is 0 Å². The summed E-state index contributed by atoms with van der Waals surface area (Å²) in [5, 5.41) is 3.67. The van der Waals surface area contributed by atoms with E-state index in [1.165, 1.54) is 38.5 Å². The predicted octanol–water partition coefficient (Wildman–Crippen LogP) is 4.00. The molecule has 108 valence electrons. The molecule has 1 aliphatic carbocycles. The van der Waals surface area contributed by atoms with Crippen LogP contribution in [0, 0.1) is 11.8 Å². The summed E-state index contributed by atoms with van der Waals surface area (Å²) in [6.45, 7) is 10.8. The van der Waals surface area contributed by atoms with Crippen LogP contribution in [0.15, 0.2) is 0 Å². The van der Waals surface area contributed by atoms with E-state index in [-0.39, 0.29) is 0 Å². The minimum Gasteiger partial charge on any atom is -0.377 e. The fraction of sp³-hybridized carbons (Fsp3) is 1.00. The topological polar surface area (TPSA) is 21.3 Å². The van der Waals surface area contributed by atoms with E-state index in [1.54, 1.807) is 0 Å². The lowest BCUT2D eigenvalue weighted by molar-refractivity contribution is -0.00336. The molecule has 0 radical (unpaired) electrons. The minimum atomic E-state index is 0.372. The summed E-state index contributed by atoms with van der Waals surface area (Å²) in [5.41, 5.74) is 0. The molecule has 0 bridgehead atoms. The van der Waals surface area contributed by atoms with E-state index in [0.29, 0.717) is 18.1 Å². The third kappa shape index (κ3) is 5.27. The summed E-state index contributed by atoms with van der Waals surface area (Å²) in [5.74, 6) is 1.52. The van der Waals surface area contributed by atoms with E-state index in [2.05, 4.69) is 33.0 Å². The lowest BCUT2D eigenvalue weighted by Gasteiger charge is -2.34. The maximum Gasteiger partial charge on any atom is 0.0750 e. The third-order valence-corrected chi connectivity index (χ3v) is 4.19. The fourth-order valence-electron chi connectivity index (χ4n) is 3.34. The number of hydrogen-bond donors (Lipinski definition) is 1. The molecule has 0 heterocycles. The molecule has 1 aliphatic rings. The molecule has 0 amide bonds. The first-order valence-electron chi connectivity index (χ1n) is 8.04. The largest absolute Gasteiger partial charge is 0.377 e. The van der Waals surface area contributed by atoms with Crippen LogP contribution in [0.4, 0.5) is 0 Å². The van der Waals surface area contributed by atoms with Gasteiger partial charge in [0.25, 0.3) is 0 Å². The van der Waals surface area contributed by atoms with Gasteiger partial charge in [-0.25, -0.2) is 0 Å². The van der Waals surface area contributed by atoms with Gasteiger partial charge in [-0.2, -0.15) is 0 Å². The molecule has 0 aromatic carbocycles. The van der Waals surface area contributed by atoms with Crippen molar-refractivity contribution >= 4 is 0 Å². The first-order valence-corrected chi connectivity index (χ1v) is 8.04. The third-order valence-electron chi connectivity index (χ3n) is 4.19. The van der Waals surface area contributed by atoms with Crippen molar-refractivity contribution in [3.8, 4) is 0 Å². The minimum absolute atomic E-state index is 0.372. The molecule has 0 aliphatic heterocycles. The van der Waals surface area contributed by atoms with Gasteiger partial charge in [0.15, 0.2) is 0 Å². The summed E-state index contributed by atoms with van der Waals surface area (Å²) >= 11 is 0. The number of likely N-dealkylation sites (N-methyl/N-ethyl adjacent to an activating group) is 1. The predicted molar refractivity (Wildman–Crippen MR) is 78.9 cm³/mol. The summed E-state index contributed by atoms with van der Waals surface area (Å²) in [6, 6.07) is 0.540. The molecule has 1 saturated carbocycles. The van der Waals surface area contributed by atoms with Crippen molar-refractivity contribution in [3.63, 3.8) is 0 Å². The van der Waals surface area contributed by atoms with Gasteiger partial charge in [0.2, 0.25) is 0 Å². The van der Waals surface area contributed by atoms with E-state index in [4.69, 9.17) is 4.74 Å². The Bertz CT molecular complexity index is 199. The Labute approximate surface area is 114 Å². The molecule has 2 nitrogen and oxygen atoms in total. The Hall–Kier alpha value is -0.0800. The van der Waals surface area contributed by atoms with Crippen LogP contribution in [-0.4, -0.2) is 25.3 Å². The summed E-state index contributed by atoms with van der Waals surface area (Å²) in [7, 11) is 0. The van der Waals surface area contributed by atoms with Crippen molar-refractivity contribution in [1.82, 2.24) is 5.32 Å². The maximum absolute atomic E-state index is 6.00. The molecule has 2 unspecified atom stereocenters. The molecular formula is C16H33NO. The van der Waals surface area contributed by atoms with Crippen molar-refractivity contribution in [2.75, 3.05) is 13.2 Å². The van der Waals surface area contributed by atoms with Crippen LogP contribution in [0.1, 0.15) is 66.2 Å². The van der Waals surface area contributed by atoms with Gasteiger partial charge >= 0.3 is 0 Å². The molecule has 18 heavy (non-hydrogen) atoms. The van der Waals surface area contributed by atoms with Crippen molar-refractivity contribution in [1.29, 1.82) is 0 Å². The number of rotatable bonds is 8. The molecule has 2 atom stereocenters. The molecule has 0 saturated heterocycles. The highest BCUT2D eigenvalue weighted by Crippen LogP contribution is 2.29. The molecule has 0 aromatic rings. The van der Waals surface area contributed by atoms with Crippen LogP contribution >= 0.6 is 0 Å². The van der Waals surface area contributed by atoms with Gasteiger partial charge in [0, 0.05) is 12.6 Å². The number of ether oxygens (including phenoxy) is 1. The van der Waals surface area contributed by atoms with Gasteiger partial charge in [-0.15, -0.1) is 0 Å². The summed E-state index contributed by atoms with van der Waals surface area (Å²) < 4.78 is 6.00. The molecular weight excluding hydrogens is 222 g/mol. The Balaban J connectivity index is 2.54. The summed E-state index contributed by atoms with van der Waals surface area (Å²) in [6.07, 6.45) is 8.85. The highest BCUT2D eigenvalue weighted by Gasteiger charge is 2.27. The van der Waals surface area contributed by atoms with Gasteiger partial charge in [-0.1, -0.05) is 52.9 Å². The standard InChI is InChI=1S/C16H33NO/c1-5-17-15(16(13(3)4)18-6-2)12-14-10-8-7-9-11-14/h13-17H,5-12H2,1-4H3. The van der Waals surface area contributed by atoms with Gasteiger partial charge in [-0.05, 0) is 31.7 Å². The Morgan fingerprint density at radius 2 is 1.78 bits per heavy atom. The van der Waals surface area contributed by atoms with E-state index in [9.17, 15) is 0 Å². The fourth-order valence-corrected chi connectivity index (χ4v) is 3.34. The lowest BCUT2D eigenvalue weighted by atomic mass is 9.82. The van der Waals surface area contributed by atoms with Crippen molar-refractivity contribution in [2.45, 2.75) is 78.4 Å². The normalized spacial score (nSPS) is 21.2. The second kappa shape index (κ2) is 8.92. The van der Waals surface area contributed by atoms with Crippen molar-refractivity contribution in [2.24, 2.45) is 11.8 Å². The quantitative estimate of drug-likeness (QED) is 0.708. The van der Waals surface area contributed by atoms with Crippen LogP contribution in [0.25, 0.3) is 0 Å². The van der Waals surface area contributed by atoms with Crippen LogP contribution in [-0.2, 0) is 4.74 Å². The first-order chi connectivity index (χ1) is 8.69. The molecule has 1 rings (SSSR count). The van der Waals surface area contributed by atoms with Gasteiger partial charge in [-0.3, -0.25) is 0 Å². The zero-order valence-corrected chi connectivity index (χ0v) is 12.9. The lowest BCUT2D eigenvalue weighted by Crippen LogP contribution is -2.45. The molecule has 0 spiro atoms. The highest BCUT2D eigenvalue weighted by atomic mass is 16.5. The van der Waals surface area contributed by atoms with Gasteiger partial charge in [0.1, 0.15) is 0 Å². The Kier molecular flexibility index (Phi) is 7.92. The second-order valence-corrected chi connectivity index (χ2v) is 6.07. The Morgan fingerprint density at radius 3 is 2.28 bits per heavy atom. The zero-order chi connectivity index (χ0) is 13.4.